The molecule has 0 radical (unpaired) electrons. The summed E-state index contributed by atoms with van der Waals surface area (Å²) in [5.74, 6) is 0.609. The highest BCUT2D eigenvalue weighted by Gasteiger charge is 2.21. The topological polar surface area (TPSA) is 71.7 Å². The molecule has 3 heterocycles. The summed E-state index contributed by atoms with van der Waals surface area (Å²) < 4.78 is 20.1. The van der Waals surface area contributed by atoms with Crippen molar-refractivity contribution < 1.29 is 23.8 Å². The van der Waals surface area contributed by atoms with Crippen molar-refractivity contribution in [2.45, 2.75) is 13.8 Å². The molecular weight excluding hydrogens is 408 g/mol. The van der Waals surface area contributed by atoms with Crippen LogP contribution in [-0.4, -0.2) is 34.3 Å². The van der Waals surface area contributed by atoms with Gasteiger partial charge in [0, 0.05) is 52.9 Å². The maximum Gasteiger partial charge on any atom is 0.340 e. The number of carbonyl (C=O) groups is 2. The zero-order chi connectivity index (χ0) is 22.4. The maximum atomic E-state index is 12.9. The Balaban J connectivity index is 1.36. The monoisotopic (exact) mass is 430 g/mol. The van der Waals surface area contributed by atoms with Crippen LogP contribution in [0.4, 0.5) is 0 Å². The number of aromatic nitrogens is 2. The molecule has 32 heavy (non-hydrogen) atoms. The number of aryl methyl sites for hydroxylation is 2. The van der Waals surface area contributed by atoms with E-state index in [-0.39, 0.29) is 19.2 Å². The molecule has 2 aromatic heterocycles. The van der Waals surface area contributed by atoms with Crippen LogP contribution in [0.5, 0.6) is 11.5 Å². The molecule has 7 heteroatoms. The Labute approximate surface area is 184 Å². The molecule has 4 aromatic rings. The van der Waals surface area contributed by atoms with E-state index in [2.05, 4.69) is 0 Å². The molecule has 0 aliphatic carbocycles. The first-order chi connectivity index (χ1) is 15.4. The van der Waals surface area contributed by atoms with Crippen LogP contribution in [0.2, 0.25) is 0 Å². The van der Waals surface area contributed by atoms with Crippen LogP contribution in [0.25, 0.3) is 16.6 Å². The van der Waals surface area contributed by atoms with Gasteiger partial charge in [-0.15, -0.1) is 0 Å². The second-order valence-electron chi connectivity index (χ2n) is 7.83. The van der Waals surface area contributed by atoms with Gasteiger partial charge in [0.15, 0.2) is 18.1 Å². The van der Waals surface area contributed by atoms with Crippen LogP contribution in [0.1, 0.15) is 32.1 Å². The van der Waals surface area contributed by atoms with E-state index in [4.69, 9.17) is 14.2 Å². The van der Waals surface area contributed by atoms with Crippen LogP contribution in [-0.2, 0) is 11.8 Å². The fourth-order valence-electron chi connectivity index (χ4n) is 4.26. The Bertz CT molecular complexity index is 1380. The zero-order valence-corrected chi connectivity index (χ0v) is 18.0. The van der Waals surface area contributed by atoms with Crippen LogP contribution in [0, 0.1) is 13.8 Å². The highest BCUT2D eigenvalue weighted by Crippen LogP contribution is 2.35. The van der Waals surface area contributed by atoms with Gasteiger partial charge in [-0.1, -0.05) is 18.2 Å². The van der Waals surface area contributed by atoms with Crippen molar-refractivity contribution in [3.8, 4) is 17.2 Å². The summed E-state index contributed by atoms with van der Waals surface area (Å²) in [7, 11) is 1.87. The van der Waals surface area contributed by atoms with Crippen LogP contribution >= 0.6 is 0 Å². The SMILES string of the molecule is Cc1cc(C(=O)COC(=O)c2cn(C)c3ccccc23)c(C)n1-c1ccc2c(c1)OCO2. The first-order valence-electron chi connectivity index (χ1n) is 10.3. The van der Waals surface area contributed by atoms with Gasteiger partial charge < -0.3 is 23.3 Å². The molecule has 162 valence electrons. The average Bonchev–Trinajstić information content (AvgIpc) is 3.47. The molecule has 0 bridgehead atoms. The molecular formula is C25H22N2O5. The number of ketones is 1. The van der Waals surface area contributed by atoms with Gasteiger partial charge in [0.2, 0.25) is 12.6 Å². The summed E-state index contributed by atoms with van der Waals surface area (Å²) in [6.07, 6.45) is 1.73. The summed E-state index contributed by atoms with van der Waals surface area (Å²) in [5, 5.41) is 0.799. The van der Waals surface area contributed by atoms with Crippen molar-refractivity contribution in [1.82, 2.24) is 9.13 Å². The number of carbonyl (C=O) groups excluding carboxylic acids is 2. The number of esters is 1. The molecule has 2 aromatic carbocycles. The van der Waals surface area contributed by atoms with E-state index in [0.29, 0.717) is 22.6 Å². The molecule has 5 rings (SSSR count). The van der Waals surface area contributed by atoms with E-state index in [1.165, 1.54) is 0 Å². The number of hydrogen-bond donors (Lipinski definition) is 0. The number of rotatable bonds is 5. The molecule has 0 saturated carbocycles. The van der Waals surface area contributed by atoms with Gasteiger partial charge in [0.25, 0.3) is 0 Å². The minimum Gasteiger partial charge on any atom is -0.454 e. The Hall–Kier alpha value is -4.00. The molecule has 1 aliphatic heterocycles. The smallest absolute Gasteiger partial charge is 0.340 e. The second kappa shape index (κ2) is 7.60. The highest BCUT2D eigenvalue weighted by molar-refractivity contribution is 6.06. The number of fused-ring (bicyclic) bond motifs is 2. The molecule has 0 N–H and O–H groups in total. The minimum atomic E-state index is -0.514. The second-order valence-corrected chi connectivity index (χ2v) is 7.83. The summed E-state index contributed by atoms with van der Waals surface area (Å²) in [6, 6.07) is 15.1. The molecule has 0 unspecified atom stereocenters. The number of hydrogen-bond acceptors (Lipinski definition) is 5. The zero-order valence-electron chi connectivity index (χ0n) is 18.0. The Morgan fingerprint density at radius 2 is 1.78 bits per heavy atom. The van der Waals surface area contributed by atoms with Crippen molar-refractivity contribution in [2.75, 3.05) is 13.4 Å². The van der Waals surface area contributed by atoms with E-state index in [9.17, 15) is 9.59 Å². The number of nitrogens with zero attached hydrogens (tertiary/aromatic N) is 2. The maximum absolute atomic E-state index is 12.9. The van der Waals surface area contributed by atoms with Gasteiger partial charge in [-0.25, -0.2) is 4.79 Å². The van der Waals surface area contributed by atoms with E-state index < -0.39 is 5.97 Å². The highest BCUT2D eigenvalue weighted by atomic mass is 16.7. The number of para-hydroxylation sites is 1. The first kappa shape index (κ1) is 19.9. The molecule has 0 atom stereocenters. The van der Waals surface area contributed by atoms with Crippen LogP contribution < -0.4 is 9.47 Å². The van der Waals surface area contributed by atoms with Crippen molar-refractivity contribution in [2.24, 2.45) is 7.05 Å². The van der Waals surface area contributed by atoms with Gasteiger partial charge in [0.05, 0.1) is 5.56 Å². The lowest BCUT2D eigenvalue weighted by atomic mass is 10.1. The van der Waals surface area contributed by atoms with Gasteiger partial charge in [-0.2, -0.15) is 0 Å². The van der Waals surface area contributed by atoms with Gasteiger partial charge in [-0.05, 0) is 38.1 Å². The summed E-state index contributed by atoms with van der Waals surface area (Å²) in [5.41, 5.74) is 4.43. The Morgan fingerprint density at radius 3 is 2.62 bits per heavy atom. The van der Waals surface area contributed by atoms with E-state index >= 15 is 0 Å². The lowest BCUT2D eigenvalue weighted by Crippen LogP contribution is -2.15. The van der Waals surface area contributed by atoms with Crippen molar-refractivity contribution in [3.63, 3.8) is 0 Å². The molecule has 7 nitrogen and oxygen atoms in total. The van der Waals surface area contributed by atoms with Crippen molar-refractivity contribution in [3.05, 3.63) is 77.2 Å². The van der Waals surface area contributed by atoms with Crippen LogP contribution in [0.15, 0.2) is 54.7 Å². The first-order valence-corrected chi connectivity index (χ1v) is 10.3. The number of benzene rings is 2. The lowest BCUT2D eigenvalue weighted by molar-refractivity contribution is 0.0476. The number of ether oxygens (including phenoxy) is 3. The molecule has 1 aliphatic rings. The third-order valence-electron chi connectivity index (χ3n) is 5.80. The molecule has 0 spiro atoms. The predicted octanol–water partition coefficient (Wildman–Crippen LogP) is 4.35. The third-order valence-corrected chi connectivity index (χ3v) is 5.80. The Kier molecular flexibility index (Phi) is 4.74. The van der Waals surface area contributed by atoms with Gasteiger partial charge in [-0.3, -0.25) is 4.79 Å². The van der Waals surface area contributed by atoms with E-state index in [1.807, 2.05) is 78.6 Å². The van der Waals surface area contributed by atoms with E-state index in [0.717, 1.165) is 28.0 Å². The fraction of sp³-hybridized carbons (Fsp3) is 0.200. The normalized spacial score (nSPS) is 12.3. The van der Waals surface area contributed by atoms with Gasteiger partial charge >= 0.3 is 5.97 Å². The van der Waals surface area contributed by atoms with E-state index in [1.54, 1.807) is 6.20 Å². The summed E-state index contributed by atoms with van der Waals surface area (Å²) in [6.45, 7) is 3.68. The molecule has 0 saturated heterocycles. The largest absolute Gasteiger partial charge is 0.454 e. The molecule has 0 amide bonds. The average molecular weight is 430 g/mol. The Morgan fingerprint density at radius 1 is 1.00 bits per heavy atom. The van der Waals surface area contributed by atoms with Crippen molar-refractivity contribution >= 4 is 22.7 Å². The lowest BCUT2D eigenvalue weighted by Gasteiger charge is -2.11. The summed E-state index contributed by atoms with van der Waals surface area (Å²) >= 11 is 0. The van der Waals surface area contributed by atoms with Crippen molar-refractivity contribution in [1.29, 1.82) is 0 Å². The van der Waals surface area contributed by atoms with Crippen LogP contribution in [0.3, 0.4) is 0 Å². The number of Topliss-reactive ketones (excluding diaryl/α,β-unsaturated/α-hetero) is 1. The quantitative estimate of drug-likeness (QED) is 0.348. The fourth-order valence-corrected chi connectivity index (χ4v) is 4.26. The minimum absolute atomic E-state index is 0.203. The standard InChI is InChI=1S/C25H22N2O5/c1-15-10-19(16(2)27(15)17-8-9-23-24(11-17)32-14-31-23)22(28)13-30-25(29)20-12-26(3)21-7-5-4-6-18(20)21/h4-12H,13-14H2,1-3H3. The third kappa shape index (κ3) is 3.22. The van der Waals surface area contributed by atoms with Gasteiger partial charge in [0.1, 0.15) is 0 Å². The summed E-state index contributed by atoms with van der Waals surface area (Å²) in [4.78, 5) is 25.6. The predicted molar refractivity (Wildman–Crippen MR) is 119 cm³/mol. The molecule has 0 fully saturated rings.